The van der Waals surface area contributed by atoms with Gasteiger partial charge in [-0.3, -0.25) is 0 Å². The van der Waals surface area contributed by atoms with Crippen LogP contribution in [0, 0.1) is 11.8 Å². The summed E-state index contributed by atoms with van der Waals surface area (Å²) < 4.78 is 0. The first kappa shape index (κ1) is 8.33. The zero-order valence-corrected chi connectivity index (χ0v) is 6.63. The standard InChI is InChI=1S/C7H14N2O2/c1-5-2-8-3-6(5)4-9-7(10)11/h5-6,8-9H,2-4H2,1H3,(H,10,11). The average molecular weight is 158 g/mol. The van der Waals surface area contributed by atoms with Gasteiger partial charge in [-0.05, 0) is 24.9 Å². The second-order valence-corrected chi connectivity index (χ2v) is 3.08. The van der Waals surface area contributed by atoms with E-state index in [2.05, 4.69) is 17.6 Å². The van der Waals surface area contributed by atoms with E-state index in [0.717, 1.165) is 13.1 Å². The van der Waals surface area contributed by atoms with Gasteiger partial charge in [-0.2, -0.15) is 0 Å². The summed E-state index contributed by atoms with van der Waals surface area (Å²) in [5.74, 6) is 1.05. The number of carbonyl (C=O) groups is 1. The molecule has 2 unspecified atom stereocenters. The maximum Gasteiger partial charge on any atom is 0.404 e. The highest BCUT2D eigenvalue weighted by Crippen LogP contribution is 2.13. The van der Waals surface area contributed by atoms with Gasteiger partial charge in [0.2, 0.25) is 0 Å². The van der Waals surface area contributed by atoms with Crippen molar-refractivity contribution in [1.29, 1.82) is 0 Å². The summed E-state index contributed by atoms with van der Waals surface area (Å²) in [6, 6.07) is 0. The molecule has 4 nitrogen and oxygen atoms in total. The predicted molar refractivity (Wildman–Crippen MR) is 41.6 cm³/mol. The molecule has 0 aliphatic carbocycles. The van der Waals surface area contributed by atoms with Crippen molar-refractivity contribution in [3.63, 3.8) is 0 Å². The summed E-state index contributed by atoms with van der Waals surface area (Å²) in [6.45, 7) is 4.64. The van der Waals surface area contributed by atoms with E-state index in [4.69, 9.17) is 5.11 Å². The number of carboxylic acid groups (broad SMARTS) is 1. The lowest BCUT2D eigenvalue weighted by Gasteiger charge is -2.12. The fraction of sp³-hybridized carbons (Fsp3) is 0.857. The van der Waals surface area contributed by atoms with E-state index in [9.17, 15) is 4.79 Å². The van der Waals surface area contributed by atoms with Crippen LogP contribution in [-0.2, 0) is 0 Å². The molecule has 0 aromatic carbocycles. The number of amides is 1. The first-order chi connectivity index (χ1) is 5.20. The van der Waals surface area contributed by atoms with E-state index in [1.165, 1.54) is 0 Å². The SMILES string of the molecule is CC1CNCC1CNC(=O)O. The Morgan fingerprint density at radius 3 is 2.91 bits per heavy atom. The lowest BCUT2D eigenvalue weighted by Crippen LogP contribution is -2.30. The van der Waals surface area contributed by atoms with Crippen molar-refractivity contribution in [3.05, 3.63) is 0 Å². The molecule has 11 heavy (non-hydrogen) atoms. The second-order valence-electron chi connectivity index (χ2n) is 3.08. The maximum atomic E-state index is 10.1. The number of hydrogen-bond donors (Lipinski definition) is 3. The van der Waals surface area contributed by atoms with Gasteiger partial charge in [0.15, 0.2) is 0 Å². The largest absolute Gasteiger partial charge is 0.465 e. The highest BCUT2D eigenvalue weighted by Gasteiger charge is 2.22. The molecule has 1 saturated heterocycles. The normalized spacial score (nSPS) is 30.3. The van der Waals surface area contributed by atoms with Crippen LogP contribution in [0.4, 0.5) is 4.79 Å². The minimum atomic E-state index is -0.927. The summed E-state index contributed by atoms with van der Waals surface area (Å²) in [5, 5.41) is 13.9. The van der Waals surface area contributed by atoms with Crippen LogP contribution in [0.1, 0.15) is 6.92 Å². The zero-order valence-electron chi connectivity index (χ0n) is 6.63. The van der Waals surface area contributed by atoms with Gasteiger partial charge in [-0.15, -0.1) is 0 Å². The van der Waals surface area contributed by atoms with E-state index in [0.29, 0.717) is 18.4 Å². The van der Waals surface area contributed by atoms with Crippen molar-refractivity contribution >= 4 is 6.09 Å². The highest BCUT2D eigenvalue weighted by atomic mass is 16.4. The molecular weight excluding hydrogens is 144 g/mol. The van der Waals surface area contributed by atoms with E-state index in [-0.39, 0.29) is 0 Å². The van der Waals surface area contributed by atoms with Gasteiger partial charge in [-0.25, -0.2) is 4.79 Å². The van der Waals surface area contributed by atoms with Crippen molar-refractivity contribution in [2.45, 2.75) is 6.92 Å². The van der Waals surface area contributed by atoms with Crippen molar-refractivity contribution in [3.8, 4) is 0 Å². The minimum Gasteiger partial charge on any atom is -0.465 e. The van der Waals surface area contributed by atoms with Crippen molar-refractivity contribution in [2.24, 2.45) is 11.8 Å². The summed E-state index contributed by atoms with van der Waals surface area (Å²) >= 11 is 0. The Balaban J connectivity index is 2.20. The number of nitrogens with one attached hydrogen (secondary N) is 2. The molecule has 2 atom stereocenters. The average Bonchev–Trinajstić information content (AvgIpc) is 2.31. The first-order valence-electron chi connectivity index (χ1n) is 3.87. The molecule has 1 aliphatic heterocycles. The minimum absolute atomic E-state index is 0.464. The summed E-state index contributed by atoms with van der Waals surface area (Å²) in [5.41, 5.74) is 0. The van der Waals surface area contributed by atoms with Crippen LogP contribution in [0.5, 0.6) is 0 Å². The Bertz CT molecular complexity index is 149. The van der Waals surface area contributed by atoms with Gasteiger partial charge < -0.3 is 15.7 Å². The van der Waals surface area contributed by atoms with Crippen LogP contribution in [0.2, 0.25) is 0 Å². The molecule has 0 bridgehead atoms. The summed E-state index contributed by atoms with van der Waals surface area (Å²) in [7, 11) is 0. The van der Waals surface area contributed by atoms with Crippen LogP contribution in [0.25, 0.3) is 0 Å². The fourth-order valence-corrected chi connectivity index (χ4v) is 1.36. The molecule has 0 saturated carbocycles. The van der Waals surface area contributed by atoms with Gasteiger partial charge in [-0.1, -0.05) is 6.92 Å². The molecule has 4 heteroatoms. The molecule has 1 rings (SSSR count). The molecule has 64 valence electrons. The summed E-state index contributed by atoms with van der Waals surface area (Å²) in [6.07, 6.45) is -0.927. The van der Waals surface area contributed by atoms with Crippen molar-refractivity contribution in [1.82, 2.24) is 10.6 Å². The molecule has 1 heterocycles. The molecular formula is C7H14N2O2. The van der Waals surface area contributed by atoms with Crippen LogP contribution in [0.15, 0.2) is 0 Å². The van der Waals surface area contributed by atoms with Gasteiger partial charge in [0.05, 0.1) is 0 Å². The third-order valence-corrected chi connectivity index (χ3v) is 2.19. The van der Waals surface area contributed by atoms with Crippen molar-refractivity contribution < 1.29 is 9.90 Å². The Hall–Kier alpha value is -0.770. The fourth-order valence-electron chi connectivity index (χ4n) is 1.36. The number of hydrogen-bond acceptors (Lipinski definition) is 2. The lowest BCUT2D eigenvalue weighted by atomic mass is 9.98. The topological polar surface area (TPSA) is 61.4 Å². The summed E-state index contributed by atoms with van der Waals surface area (Å²) in [4.78, 5) is 10.1. The van der Waals surface area contributed by atoms with Crippen LogP contribution in [-0.4, -0.2) is 30.8 Å². The molecule has 1 fully saturated rings. The molecule has 0 aromatic rings. The van der Waals surface area contributed by atoms with Crippen molar-refractivity contribution in [2.75, 3.05) is 19.6 Å². The van der Waals surface area contributed by atoms with Crippen LogP contribution < -0.4 is 10.6 Å². The molecule has 0 radical (unpaired) electrons. The van der Waals surface area contributed by atoms with E-state index in [1.54, 1.807) is 0 Å². The predicted octanol–water partition coefficient (Wildman–Crippen LogP) is 0.109. The monoisotopic (exact) mass is 158 g/mol. The van der Waals surface area contributed by atoms with E-state index >= 15 is 0 Å². The molecule has 0 spiro atoms. The Labute approximate surface area is 66.0 Å². The molecule has 1 aliphatic rings. The van der Waals surface area contributed by atoms with E-state index in [1.807, 2.05) is 0 Å². The smallest absolute Gasteiger partial charge is 0.404 e. The quantitative estimate of drug-likeness (QED) is 0.534. The third kappa shape index (κ3) is 2.38. The van der Waals surface area contributed by atoms with E-state index < -0.39 is 6.09 Å². The van der Waals surface area contributed by atoms with Gasteiger partial charge >= 0.3 is 6.09 Å². The second kappa shape index (κ2) is 3.57. The lowest BCUT2D eigenvalue weighted by molar-refractivity contribution is 0.191. The molecule has 0 aromatic heterocycles. The first-order valence-corrected chi connectivity index (χ1v) is 3.87. The van der Waals surface area contributed by atoms with Gasteiger partial charge in [0, 0.05) is 6.54 Å². The maximum absolute atomic E-state index is 10.1. The zero-order chi connectivity index (χ0) is 8.27. The van der Waals surface area contributed by atoms with Crippen LogP contribution >= 0.6 is 0 Å². The molecule has 1 amide bonds. The Kier molecular flexibility index (Phi) is 2.70. The van der Waals surface area contributed by atoms with Crippen LogP contribution in [0.3, 0.4) is 0 Å². The van der Waals surface area contributed by atoms with Gasteiger partial charge in [0.25, 0.3) is 0 Å². The number of rotatable bonds is 2. The Morgan fingerprint density at radius 1 is 1.73 bits per heavy atom. The van der Waals surface area contributed by atoms with Gasteiger partial charge in [0.1, 0.15) is 0 Å². The highest BCUT2D eigenvalue weighted by molar-refractivity contribution is 5.64. The molecule has 3 N–H and O–H groups in total. The third-order valence-electron chi connectivity index (χ3n) is 2.19. The Morgan fingerprint density at radius 2 is 2.45 bits per heavy atom.